The van der Waals surface area contributed by atoms with E-state index < -0.39 is 6.22 Å². The number of rotatable bonds is 3. The number of carbonyl (C=O) groups excluding carboxylic acids is 1. The highest BCUT2D eigenvalue weighted by Crippen LogP contribution is 2.06. The molecule has 1 N–H and O–H groups in total. The van der Waals surface area contributed by atoms with Crippen LogP contribution in [0.1, 0.15) is 26.2 Å². The van der Waals surface area contributed by atoms with Gasteiger partial charge in [0.05, 0.1) is 6.61 Å². The van der Waals surface area contributed by atoms with Gasteiger partial charge in [-0.05, 0) is 39.9 Å². The van der Waals surface area contributed by atoms with Crippen LogP contribution in [0.4, 0.5) is 9.18 Å². The zero-order chi connectivity index (χ0) is 12.4. The third-order valence-electron chi connectivity index (χ3n) is 2.45. The van der Waals surface area contributed by atoms with E-state index in [1.807, 2.05) is 7.05 Å². The minimum atomic E-state index is -1.69. The van der Waals surface area contributed by atoms with Crippen LogP contribution in [0.5, 0.6) is 0 Å². The Hall–Kier alpha value is -0.680. The Morgan fingerprint density at radius 3 is 2.62 bits per heavy atom. The minimum absolute atomic E-state index is 0.176. The smallest absolute Gasteiger partial charge is 0.440 e. The standard InChI is InChI=1S/C7H16N2.C4H7FO2/c1-8-7-4-3-5-9(2)6-7;1-2-3-7-4(5)6/h7-8H,3-6H2,1-2H3;2-3H2,1H3. The van der Waals surface area contributed by atoms with Crippen LogP contribution in [0.3, 0.4) is 0 Å². The van der Waals surface area contributed by atoms with Gasteiger partial charge in [-0.15, -0.1) is 4.39 Å². The monoisotopic (exact) mass is 234 g/mol. The van der Waals surface area contributed by atoms with Crippen molar-refractivity contribution in [3.63, 3.8) is 0 Å². The van der Waals surface area contributed by atoms with Gasteiger partial charge in [0.2, 0.25) is 0 Å². The molecule has 1 fully saturated rings. The maximum Gasteiger partial charge on any atom is 0.495 e. The molecule has 5 heteroatoms. The highest BCUT2D eigenvalue weighted by Gasteiger charge is 2.13. The molecular formula is C11H23FN2O2. The maximum atomic E-state index is 11.0. The topological polar surface area (TPSA) is 41.6 Å². The van der Waals surface area contributed by atoms with Crippen LogP contribution in [0.25, 0.3) is 0 Å². The predicted octanol–water partition coefficient (Wildman–Crippen LogP) is 1.80. The molecule has 0 radical (unpaired) electrons. The molecule has 16 heavy (non-hydrogen) atoms. The van der Waals surface area contributed by atoms with Gasteiger partial charge in [-0.2, -0.15) is 0 Å². The molecule has 0 aliphatic carbocycles. The Bertz CT molecular complexity index is 191. The Morgan fingerprint density at radius 1 is 1.62 bits per heavy atom. The van der Waals surface area contributed by atoms with Gasteiger partial charge >= 0.3 is 6.22 Å². The van der Waals surface area contributed by atoms with E-state index in [-0.39, 0.29) is 6.61 Å². The van der Waals surface area contributed by atoms with E-state index in [1.54, 1.807) is 6.92 Å². The zero-order valence-corrected chi connectivity index (χ0v) is 10.5. The number of nitrogens with zero attached hydrogens (tertiary/aromatic N) is 1. The van der Waals surface area contributed by atoms with Gasteiger partial charge in [0.1, 0.15) is 0 Å². The maximum absolute atomic E-state index is 11.0. The summed E-state index contributed by atoms with van der Waals surface area (Å²) in [7, 11) is 4.23. The molecule has 1 saturated heterocycles. The number of nitrogens with one attached hydrogen (secondary N) is 1. The molecule has 0 aromatic carbocycles. The SMILES string of the molecule is CCCOC(=O)F.CNC1CCCN(C)C1. The lowest BCUT2D eigenvalue weighted by molar-refractivity contribution is 0.121. The summed E-state index contributed by atoms with van der Waals surface area (Å²) >= 11 is 0. The Balaban J connectivity index is 0.000000293. The summed E-state index contributed by atoms with van der Waals surface area (Å²) in [5.41, 5.74) is 0. The van der Waals surface area contributed by atoms with Crippen LogP contribution < -0.4 is 5.32 Å². The largest absolute Gasteiger partial charge is 0.495 e. The summed E-state index contributed by atoms with van der Waals surface area (Å²) in [5, 5.41) is 3.29. The molecule has 0 amide bonds. The lowest BCUT2D eigenvalue weighted by Crippen LogP contribution is -2.42. The summed E-state index contributed by atoms with van der Waals surface area (Å²) in [4.78, 5) is 11.7. The van der Waals surface area contributed by atoms with Crippen molar-refractivity contribution < 1.29 is 13.9 Å². The molecule has 1 atom stereocenters. The van der Waals surface area contributed by atoms with E-state index in [4.69, 9.17) is 0 Å². The quantitative estimate of drug-likeness (QED) is 0.756. The Morgan fingerprint density at radius 2 is 2.31 bits per heavy atom. The third-order valence-corrected chi connectivity index (χ3v) is 2.45. The first kappa shape index (κ1) is 15.3. The number of likely N-dealkylation sites (N-methyl/N-ethyl adjacent to an activating group) is 2. The Labute approximate surface area is 97.1 Å². The first-order valence-corrected chi connectivity index (χ1v) is 5.78. The van der Waals surface area contributed by atoms with Crippen LogP contribution in [-0.4, -0.2) is 51.0 Å². The number of halogens is 1. The van der Waals surface area contributed by atoms with Gasteiger partial charge in [-0.3, -0.25) is 0 Å². The molecule has 0 spiro atoms. The molecule has 4 nitrogen and oxygen atoms in total. The fourth-order valence-electron chi connectivity index (χ4n) is 1.58. The number of carbonyl (C=O) groups is 1. The first-order chi connectivity index (χ1) is 7.60. The molecule has 1 rings (SSSR count). The number of likely N-dealkylation sites (tertiary alicyclic amines) is 1. The molecule has 0 aromatic heterocycles. The summed E-state index contributed by atoms with van der Waals surface area (Å²) < 4.78 is 14.9. The van der Waals surface area contributed by atoms with Gasteiger partial charge in [0.15, 0.2) is 0 Å². The van der Waals surface area contributed by atoms with E-state index in [9.17, 15) is 9.18 Å². The fourth-order valence-corrected chi connectivity index (χ4v) is 1.58. The van der Waals surface area contributed by atoms with Crippen molar-refractivity contribution in [1.82, 2.24) is 10.2 Å². The third kappa shape index (κ3) is 8.61. The van der Waals surface area contributed by atoms with Crippen molar-refractivity contribution in [3.8, 4) is 0 Å². The second kappa shape index (κ2) is 9.54. The number of ether oxygens (including phenoxy) is 1. The van der Waals surface area contributed by atoms with Crippen molar-refractivity contribution in [3.05, 3.63) is 0 Å². The van der Waals surface area contributed by atoms with Crippen molar-refractivity contribution in [2.45, 2.75) is 32.2 Å². The second-order valence-corrected chi connectivity index (χ2v) is 3.98. The molecular weight excluding hydrogens is 211 g/mol. The molecule has 0 bridgehead atoms. The molecule has 1 unspecified atom stereocenters. The lowest BCUT2D eigenvalue weighted by Gasteiger charge is -2.29. The van der Waals surface area contributed by atoms with Gasteiger partial charge in [0, 0.05) is 12.6 Å². The highest BCUT2D eigenvalue weighted by molar-refractivity contribution is 5.57. The van der Waals surface area contributed by atoms with Gasteiger partial charge in [-0.1, -0.05) is 6.92 Å². The molecule has 0 saturated carbocycles. The summed E-state index contributed by atoms with van der Waals surface area (Å²) in [6, 6.07) is 0.740. The van der Waals surface area contributed by atoms with E-state index in [2.05, 4.69) is 22.0 Å². The van der Waals surface area contributed by atoms with E-state index in [1.165, 1.54) is 25.9 Å². The molecule has 1 heterocycles. The summed E-state index contributed by atoms with van der Waals surface area (Å²) in [6.07, 6.45) is 1.67. The molecule has 1 aliphatic rings. The van der Waals surface area contributed by atoms with Gasteiger partial charge in [0.25, 0.3) is 0 Å². The number of hydrogen-bond donors (Lipinski definition) is 1. The minimum Gasteiger partial charge on any atom is -0.440 e. The second-order valence-electron chi connectivity index (χ2n) is 3.98. The molecule has 96 valence electrons. The van der Waals surface area contributed by atoms with Crippen molar-refractivity contribution in [2.75, 3.05) is 33.8 Å². The fraction of sp³-hybridized carbons (Fsp3) is 0.909. The average molecular weight is 234 g/mol. The zero-order valence-electron chi connectivity index (χ0n) is 10.5. The Kier molecular flexibility index (Phi) is 9.13. The van der Waals surface area contributed by atoms with Crippen LogP contribution in [0, 0.1) is 0 Å². The van der Waals surface area contributed by atoms with Crippen LogP contribution >= 0.6 is 0 Å². The number of hydrogen-bond acceptors (Lipinski definition) is 4. The normalized spacial score (nSPS) is 20.9. The van der Waals surface area contributed by atoms with E-state index >= 15 is 0 Å². The van der Waals surface area contributed by atoms with Gasteiger partial charge < -0.3 is 15.0 Å². The summed E-state index contributed by atoms with van der Waals surface area (Å²) in [5.74, 6) is 0. The van der Waals surface area contributed by atoms with Crippen LogP contribution in [-0.2, 0) is 4.74 Å². The van der Waals surface area contributed by atoms with Crippen molar-refractivity contribution in [2.24, 2.45) is 0 Å². The number of piperidine rings is 1. The van der Waals surface area contributed by atoms with E-state index in [0.717, 1.165) is 6.04 Å². The lowest BCUT2D eigenvalue weighted by atomic mass is 10.1. The highest BCUT2D eigenvalue weighted by atomic mass is 19.1. The summed E-state index contributed by atoms with van der Waals surface area (Å²) in [6.45, 7) is 4.47. The first-order valence-electron chi connectivity index (χ1n) is 5.78. The average Bonchev–Trinajstić information content (AvgIpc) is 2.27. The predicted molar refractivity (Wildman–Crippen MR) is 62.3 cm³/mol. The van der Waals surface area contributed by atoms with Crippen LogP contribution in [0.2, 0.25) is 0 Å². The van der Waals surface area contributed by atoms with E-state index in [0.29, 0.717) is 6.42 Å². The van der Waals surface area contributed by atoms with Gasteiger partial charge in [-0.25, -0.2) is 4.79 Å². The van der Waals surface area contributed by atoms with Crippen LogP contribution in [0.15, 0.2) is 0 Å². The van der Waals surface area contributed by atoms with Crippen molar-refractivity contribution >= 4 is 6.22 Å². The van der Waals surface area contributed by atoms with Crippen molar-refractivity contribution in [1.29, 1.82) is 0 Å². The molecule has 1 aliphatic heterocycles. The molecule has 0 aromatic rings.